The van der Waals surface area contributed by atoms with Gasteiger partial charge >= 0.3 is 0 Å². The standard InChI is InChI=1S/C33H68/c1-5-7-9-11-13-15-16-17-18-20-22-25-29-33(4)31-27-23-26-30-32(3)28-24-21-19-14-12-10-8-6-2/h32-33H,5-31H2,1-4H3. The summed E-state index contributed by atoms with van der Waals surface area (Å²) in [5.41, 5.74) is 0. The average molecular weight is 465 g/mol. The highest BCUT2D eigenvalue weighted by atomic mass is 14.1. The molecule has 0 aliphatic rings. The van der Waals surface area contributed by atoms with Crippen molar-refractivity contribution < 1.29 is 0 Å². The molecule has 0 aliphatic carbocycles. The van der Waals surface area contributed by atoms with Crippen LogP contribution in [0.15, 0.2) is 0 Å². The third-order valence-corrected chi connectivity index (χ3v) is 7.99. The normalized spacial score (nSPS) is 13.5. The second-order valence-electron chi connectivity index (χ2n) is 11.8. The summed E-state index contributed by atoms with van der Waals surface area (Å²) in [6.45, 7) is 9.62. The quantitative estimate of drug-likeness (QED) is 0.101. The zero-order valence-electron chi connectivity index (χ0n) is 24.2. The Balaban J connectivity index is 3.25. The third-order valence-electron chi connectivity index (χ3n) is 7.99. The van der Waals surface area contributed by atoms with Crippen LogP contribution >= 0.6 is 0 Å². The predicted octanol–water partition coefficient (Wildman–Crippen LogP) is 12.8. The molecule has 2 atom stereocenters. The van der Waals surface area contributed by atoms with Gasteiger partial charge in [0, 0.05) is 0 Å². The number of hydrogen-bond donors (Lipinski definition) is 0. The molecule has 33 heavy (non-hydrogen) atoms. The summed E-state index contributed by atoms with van der Waals surface area (Å²) in [6.07, 6.45) is 39.6. The van der Waals surface area contributed by atoms with Crippen molar-refractivity contribution in [3.8, 4) is 0 Å². The van der Waals surface area contributed by atoms with Crippen LogP contribution in [0.5, 0.6) is 0 Å². The van der Waals surface area contributed by atoms with Gasteiger partial charge in [0.05, 0.1) is 0 Å². The molecule has 0 aromatic carbocycles. The lowest BCUT2D eigenvalue weighted by molar-refractivity contribution is 0.407. The molecule has 0 aromatic rings. The monoisotopic (exact) mass is 465 g/mol. The molecule has 0 fully saturated rings. The van der Waals surface area contributed by atoms with Gasteiger partial charge in [0.15, 0.2) is 0 Å². The van der Waals surface area contributed by atoms with Crippen LogP contribution in [0.1, 0.15) is 201 Å². The van der Waals surface area contributed by atoms with E-state index in [0.717, 1.165) is 11.8 Å². The molecule has 0 heteroatoms. The van der Waals surface area contributed by atoms with Crippen LogP contribution in [0, 0.1) is 11.8 Å². The molecule has 200 valence electrons. The smallest absolute Gasteiger partial charge is 0.0443 e. The summed E-state index contributed by atoms with van der Waals surface area (Å²) < 4.78 is 0. The van der Waals surface area contributed by atoms with Crippen molar-refractivity contribution in [3.63, 3.8) is 0 Å². The van der Waals surface area contributed by atoms with E-state index in [1.807, 2.05) is 0 Å². The maximum absolute atomic E-state index is 2.50. The SMILES string of the molecule is CCCCCCCCCCCCCCC(C)CCCCCC(C)CCCCCCCCCC. The highest BCUT2D eigenvalue weighted by molar-refractivity contribution is 4.58. The van der Waals surface area contributed by atoms with Crippen LogP contribution in [0.4, 0.5) is 0 Å². The molecule has 0 nitrogen and oxygen atoms in total. The first-order valence-electron chi connectivity index (χ1n) is 16.2. The zero-order valence-corrected chi connectivity index (χ0v) is 24.2. The molecular weight excluding hydrogens is 396 g/mol. The minimum Gasteiger partial charge on any atom is -0.0654 e. The average Bonchev–Trinajstić information content (AvgIpc) is 2.81. The Hall–Kier alpha value is 0. The summed E-state index contributed by atoms with van der Waals surface area (Å²) in [5.74, 6) is 1.92. The molecule has 0 amide bonds. The van der Waals surface area contributed by atoms with Gasteiger partial charge < -0.3 is 0 Å². The zero-order chi connectivity index (χ0) is 24.2. The predicted molar refractivity (Wildman–Crippen MR) is 154 cm³/mol. The molecule has 0 saturated carbocycles. The van der Waals surface area contributed by atoms with Crippen LogP contribution in [-0.2, 0) is 0 Å². The van der Waals surface area contributed by atoms with Crippen LogP contribution in [-0.4, -0.2) is 0 Å². The van der Waals surface area contributed by atoms with E-state index >= 15 is 0 Å². The largest absolute Gasteiger partial charge is 0.0654 e. The summed E-state index contributed by atoms with van der Waals surface area (Å²) in [6, 6.07) is 0. The van der Waals surface area contributed by atoms with E-state index in [9.17, 15) is 0 Å². The van der Waals surface area contributed by atoms with Crippen molar-refractivity contribution in [1.29, 1.82) is 0 Å². The lowest BCUT2D eigenvalue weighted by Gasteiger charge is -2.13. The fraction of sp³-hybridized carbons (Fsp3) is 1.00. The van der Waals surface area contributed by atoms with Gasteiger partial charge in [0.25, 0.3) is 0 Å². The van der Waals surface area contributed by atoms with Crippen molar-refractivity contribution >= 4 is 0 Å². The van der Waals surface area contributed by atoms with Crippen LogP contribution < -0.4 is 0 Å². The van der Waals surface area contributed by atoms with Crippen LogP contribution in [0.25, 0.3) is 0 Å². The fourth-order valence-electron chi connectivity index (χ4n) is 5.41. The molecule has 0 N–H and O–H groups in total. The highest BCUT2D eigenvalue weighted by Gasteiger charge is 2.05. The van der Waals surface area contributed by atoms with Gasteiger partial charge in [-0.25, -0.2) is 0 Å². The van der Waals surface area contributed by atoms with Gasteiger partial charge in [0.2, 0.25) is 0 Å². The topological polar surface area (TPSA) is 0 Å². The molecular formula is C33H68. The lowest BCUT2D eigenvalue weighted by Crippen LogP contribution is -1.97. The Morgan fingerprint density at radius 1 is 0.273 bits per heavy atom. The van der Waals surface area contributed by atoms with Gasteiger partial charge in [-0.1, -0.05) is 201 Å². The first kappa shape index (κ1) is 33.0. The van der Waals surface area contributed by atoms with Crippen molar-refractivity contribution in [2.75, 3.05) is 0 Å². The maximum atomic E-state index is 2.50. The second kappa shape index (κ2) is 28.2. The molecule has 0 heterocycles. The molecule has 2 unspecified atom stereocenters. The minimum absolute atomic E-state index is 0.961. The summed E-state index contributed by atoms with van der Waals surface area (Å²) in [5, 5.41) is 0. The molecule has 0 saturated heterocycles. The second-order valence-corrected chi connectivity index (χ2v) is 11.8. The number of rotatable bonds is 28. The molecule has 0 spiro atoms. The lowest BCUT2D eigenvalue weighted by atomic mass is 9.93. The van der Waals surface area contributed by atoms with Gasteiger partial charge in [-0.05, 0) is 11.8 Å². The molecule has 0 radical (unpaired) electrons. The van der Waals surface area contributed by atoms with E-state index in [1.165, 1.54) is 173 Å². The van der Waals surface area contributed by atoms with Gasteiger partial charge in [-0.3, -0.25) is 0 Å². The van der Waals surface area contributed by atoms with E-state index < -0.39 is 0 Å². The number of unbranched alkanes of at least 4 members (excludes halogenated alkanes) is 20. The molecule has 0 rings (SSSR count). The first-order chi connectivity index (χ1) is 16.2. The Bertz CT molecular complexity index is 333. The van der Waals surface area contributed by atoms with E-state index in [1.54, 1.807) is 0 Å². The van der Waals surface area contributed by atoms with E-state index in [4.69, 9.17) is 0 Å². The van der Waals surface area contributed by atoms with Crippen LogP contribution in [0.2, 0.25) is 0 Å². The molecule has 0 aliphatic heterocycles. The van der Waals surface area contributed by atoms with E-state index in [-0.39, 0.29) is 0 Å². The Labute approximate surface area is 212 Å². The van der Waals surface area contributed by atoms with Gasteiger partial charge in [-0.2, -0.15) is 0 Å². The molecule has 0 bridgehead atoms. The summed E-state index contributed by atoms with van der Waals surface area (Å²) in [4.78, 5) is 0. The van der Waals surface area contributed by atoms with Gasteiger partial charge in [0.1, 0.15) is 0 Å². The Morgan fingerprint density at radius 2 is 0.455 bits per heavy atom. The van der Waals surface area contributed by atoms with Gasteiger partial charge in [-0.15, -0.1) is 0 Å². The fourth-order valence-corrected chi connectivity index (χ4v) is 5.41. The summed E-state index contributed by atoms with van der Waals surface area (Å²) in [7, 11) is 0. The first-order valence-corrected chi connectivity index (χ1v) is 16.2. The van der Waals surface area contributed by atoms with Crippen molar-refractivity contribution in [2.45, 2.75) is 201 Å². The maximum Gasteiger partial charge on any atom is -0.0443 e. The van der Waals surface area contributed by atoms with Crippen molar-refractivity contribution in [2.24, 2.45) is 11.8 Å². The Kier molecular flexibility index (Phi) is 28.2. The van der Waals surface area contributed by atoms with Crippen molar-refractivity contribution in [3.05, 3.63) is 0 Å². The third kappa shape index (κ3) is 28.1. The van der Waals surface area contributed by atoms with Crippen molar-refractivity contribution in [1.82, 2.24) is 0 Å². The molecule has 0 aromatic heterocycles. The van der Waals surface area contributed by atoms with E-state index in [0.29, 0.717) is 0 Å². The highest BCUT2D eigenvalue weighted by Crippen LogP contribution is 2.21. The Morgan fingerprint density at radius 3 is 0.697 bits per heavy atom. The van der Waals surface area contributed by atoms with Crippen LogP contribution in [0.3, 0.4) is 0 Å². The number of hydrogen-bond acceptors (Lipinski definition) is 0. The minimum atomic E-state index is 0.961. The summed E-state index contributed by atoms with van der Waals surface area (Å²) >= 11 is 0. The van der Waals surface area contributed by atoms with E-state index in [2.05, 4.69) is 27.7 Å².